The van der Waals surface area contributed by atoms with Gasteiger partial charge in [0.15, 0.2) is 11.6 Å². The molecule has 0 amide bonds. The van der Waals surface area contributed by atoms with Crippen LogP contribution in [0.5, 0.6) is 0 Å². The van der Waals surface area contributed by atoms with Crippen LogP contribution >= 0.6 is 0 Å². The molecular formula is C22H26N2O2. The monoisotopic (exact) mass is 350 g/mol. The van der Waals surface area contributed by atoms with Crippen molar-refractivity contribution in [3.8, 4) is 0 Å². The Morgan fingerprint density at radius 1 is 0.692 bits per heavy atom. The molecule has 3 rings (SSSR count). The SMILES string of the molecule is CCCCNc1cccc2c1C(=O)c1cccc(NCCCC)c1C2=O. The lowest BCUT2D eigenvalue weighted by atomic mass is 9.82. The number of ketones is 2. The molecule has 0 heterocycles. The van der Waals surface area contributed by atoms with Crippen LogP contribution in [0.25, 0.3) is 0 Å². The molecule has 0 unspecified atom stereocenters. The molecule has 2 aromatic rings. The Morgan fingerprint density at radius 2 is 1.12 bits per heavy atom. The molecule has 0 saturated carbocycles. The summed E-state index contributed by atoms with van der Waals surface area (Å²) in [5, 5.41) is 6.65. The molecule has 0 aliphatic heterocycles. The van der Waals surface area contributed by atoms with Crippen molar-refractivity contribution >= 4 is 22.9 Å². The van der Waals surface area contributed by atoms with E-state index in [2.05, 4.69) is 24.5 Å². The molecule has 136 valence electrons. The van der Waals surface area contributed by atoms with Gasteiger partial charge in [-0.1, -0.05) is 51.0 Å². The van der Waals surface area contributed by atoms with Crippen LogP contribution in [-0.4, -0.2) is 24.7 Å². The van der Waals surface area contributed by atoms with Gasteiger partial charge in [-0.3, -0.25) is 9.59 Å². The van der Waals surface area contributed by atoms with Crippen molar-refractivity contribution < 1.29 is 9.59 Å². The number of anilines is 2. The zero-order valence-electron chi connectivity index (χ0n) is 15.5. The van der Waals surface area contributed by atoms with Crippen molar-refractivity contribution in [2.75, 3.05) is 23.7 Å². The van der Waals surface area contributed by atoms with Crippen molar-refractivity contribution in [1.82, 2.24) is 0 Å². The highest BCUT2D eigenvalue weighted by Crippen LogP contribution is 2.35. The van der Waals surface area contributed by atoms with E-state index in [4.69, 9.17) is 0 Å². The quantitative estimate of drug-likeness (QED) is 0.568. The van der Waals surface area contributed by atoms with Gasteiger partial charge >= 0.3 is 0 Å². The Hall–Kier alpha value is -2.62. The summed E-state index contributed by atoms with van der Waals surface area (Å²) in [6.07, 6.45) is 4.19. The second-order valence-electron chi connectivity index (χ2n) is 6.68. The average Bonchev–Trinajstić information content (AvgIpc) is 2.66. The van der Waals surface area contributed by atoms with Gasteiger partial charge < -0.3 is 10.6 Å². The van der Waals surface area contributed by atoms with E-state index in [9.17, 15) is 9.59 Å². The second kappa shape index (κ2) is 8.17. The molecule has 26 heavy (non-hydrogen) atoms. The van der Waals surface area contributed by atoms with Crippen LogP contribution in [0.15, 0.2) is 36.4 Å². The molecule has 0 atom stereocenters. The molecule has 0 aromatic heterocycles. The van der Waals surface area contributed by atoms with Gasteiger partial charge in [0.05, 0.1) is 11.1 Å². The van der Waals surface area contributed by atoms with Gasteiger partial charge in [-0.25, -0.2) is 0 Å². The first-order valence-corrected chi connectivity index (χ1v) is 9.52. The number of carbonyl (C=O) groups is 2. The Bertz CT molecular complexity index is 757. The number of benzene rings is 2. The van der Waals surface area contributed by atoms with E-state index < -0.39 is 0 Å². The number of carbonyl (C=O) groups excluding carboxylic acids is 2. The molecule has 0 spiro atoms. The van der Waals surface area contributed by atoms with Gasteiger partial charge in [0.25, 0.3) is 0 Å². The van der Waals surface area contributed by atoms with Crippen molar-refractivity contribution in [2.24, 2.45) is 0 Å². The number of rotatable bonds is 8. The van der Waals surface area contributed by atoms with Gasteiger partial charge in [-0.05, 0) is 25.0 Å². The van der Waals surface area contributed by atoms with E-state index in [1.807, 2.05) is 24.3 Å². The zero-order valence-corrected chi connectivity index (χ0v) is 15.5. The third-order valence-corrected chi connectivity index (χ3v) is 4.76. The first-order chi connectivity index (χ1) is 12.7. The minimum atomic E-state index is -0.0756. The molecule has 0 bridgehead atoms. The maximum Gasteiger partial charge on any atom is 0.196 e. The number of unbranched alkanes of at least 4 members (excludes halogenated alkanes) is 2. The van der Waals surface area contributed by atoms with Crippen LogP contribution < -0.4 is 10.6 Å². The van der Waals surface area contributed by atoms with Crippen molar-refractivity contribution in [3.63, 3.8) is 0 Å². The summed E-state index contributed by atoms with van der Waals surface area (Å²) in [6, 6.07) is 11.0. The molecule has 4 heteroatoms. The lowest BCUT2D eigenvalue weighted by Crippen LogP contribution is -2.24. The van der Waals surface area contributed by atoms with Gasteiger partial charge in [0.1, 0.15) is 0 Å². The molecule has 4 nitrogen and oxygen atoms in total. The van der Waals surface area contributed by atoms with Crippen molar-refractivity contribution in [2.45, 2.75) is 39.5 Å². The topological polar surface area (TPSA) is 58.2 Å². The predicted molar refractivity (Wildman–Crippen MR) is 107 cm³/mol. The first kappa shape index (κ1) is 18.2. The fraction of sp³-hybridized carbons (Fsp3) is 0.364. The van der Waals surface area contributed by atoms with E-state index in [-0.39, 0.29) is 11.6 Å². The fourth-order valence-corrected chi connectivity index (χ4v) is 3.34. The maximum absolute atomic E-state index is 13.2. The first-order valence-electron chi connectivity index (χ1n) is 9.52. The molecule has 1 aliphatic carbocycles. The molecule has 1 aliphatic rings. The molecule has 2 aromatic carbocycles. The highest BCUT2D eigenvalue weighted by atomic mass is 16.1. The molecule has 2 N–H and O–H groups in total. The summed E-state index contributed by atoms with van der Waals surface area (Å²) < 4.78 is 0. The third kappa shape index (κ3) is 3.36. The van der Waals surface area contributed by atoms with E-state index in [0.29, 0.717) is 22.3 Å². The Kier molecular flexibility index (Phi) is 5.71. The molecular weight excluding hydrogens is 324 g/mol. The summed E-state index contributed by atoms with van der Waals surface area (Å²) >= 11 is 0. The number of hydrogen-bond acceptors (Lipinski definition) is 4. The van der Waals surface area contributed by atoms with Crippen LogP contribution in [-0.2, 0) is 0 Å². The van der Waals surface area contributed by atoms with Crippen LogP contribution in [0.4, 0.5) is 11.4 Å². The minimum absolute atomic E-state index is 0.0756. The summed E-state index contributed by atoms with van der Waals surface area (Å²) in [5.74, 6) is -0.151. The summed E-state index contributed by atoms with van der Waals surface area (Å²) in [5.41, 5.74) is 3.51. The smallest absolute Gasteiger partial charge is 0.196 e. The second-order valence-corrected chi connectivity index (χ2v) is 6.68. The van der Waals surface area contributed by atoms with Crippen molar-refractivity contribution in [1.29, 1.82) is 0 Å². The highest BCUT2D eigenvalue weighted by molar-refractivity contribution is 6.31. The fourth-order valence-electron chi connectivity index (χ4n) is 3.34. The Balaban J connectivity index is 2.00. The number of hydrogen-bond donors (Lipinski definition) is 2. The normalized spacial score (nSPS) is 12.5. The van der Waals surface area contributed by atoms with Crippen LogP contribution in [0.1, 0.15) is 71.4 Å². The summed E-state index contributed by atoms with van der Waals surface area (Å²) in [7, 11) is 0. The number of fused-ring (bicyclic) bond motifs is 2. The zero-order chi connectivity index (χ0) is 18.5. The molecule has 0 saturated heterocycles. The van der Waals surface area contributed by atoms with Crippen molar-refractivity contribution in [3.05, 3.63) is 58.7 Å². The van der Waals surface area contributed by atoms with Gasteiger partial charge in [0, 0.05) is 35.6 Å². The number of nitrogens with one attached hydrogen (secondary N) is 2. The largest absolute Gasteiger partial charge is 0.384 e. The van der Waals surface area contributed by atoms with E-state index >= 15 is 0 Å². The van der Waals surface area contributed by atoms with Crippen LogP contribution in [0, 0.1) is 0 Å². The van der Waals surface area contributed by atoms with E-state index in [1.165, 1.54) is 0 Å². The van der Waals surface area contributed by atoms with Gasteiger partial charge in [0.2, 0.25) is 0 Å². The summed E-state index contributed by atoms with van der Waals surface area (Å²) in [6.45, 7) is 5.83. The maximum atomic E-state index is 13.2. The van der Waals surface area contributed by atoms with Crippen LogP contribution in [0.2, 0.25) is 0 Å². The molecule has 0 fully saturated rings. The summed E-state index contributed by atoms with van der Waals surface area (Å²) in [4.78, 5) is 26.3. The highest BCUT2D eigenvalue weighted by Gasteiger charge is 2.33. The average molecular weight is 350 g/mol. The lowest BCUT2D eigenvalue weighted by Gasteiger charge is -2.23. The van der Waals surface area contributed by atoms with E-state index in [0.717, 1.165) is 50.1 Å². The molecule has 0 radical (unpaired) electrons. The predicted octanol–water partition coefficient (Wildman–Crippen LogP) is 4.89. The Morgan fingerprint density at radius 3 is 1.50 bits per heavy atom. The minimum Gasteiger partial charge on any atom is -0.384 e. The lowest BCUT2D eigenvalue weighted by molar-refractivity contribution is 0.0980. The van der Waals surface area contributed by atoms with Crippen LogP contribution in [0.3, 0.4) is 0 Å². The van der Waals surface area contributed by atoms with Gasteiger partial charge in [-0.15, -0.1) is 0 Å². The van der Waals surface area contributed by atoms with Gasteiger partial charge in [-0.2, -0.15) is 0 Å². The third-order valence-electron chi connectivity index (χ3n) is 4.76. The Labute approximate surface area is 155 Å². The van der Waals surface area contributed by atoms with E-state index in [1.54, 1.807) is 12.1 Å². The standard InChI is InChI=1S/C22H26N2O2/c1-3-5-13-23-17-11-7-9-15-19(17)21(25)16-10-8-12-18(20(16)22(15)26)24-14-6-4-2/h7-12,23-24H,3-6,13-14H2,1-2H3.